The monoisotopic (exact) mass is 325 g/mol. The van der Waals surface area contributed by atoms with Gasteiger partial charge in [0.1, 0.15) is 10.5 Å². The number of fused-ring (bicyclic) bond motifs is 1. The summed E-state index contributed by atoms with van der Waals surface area (Å²) in [5.74, 6) is 0.778. The Balaban J connectivity index is 1.92. The summed E-state index contributed by atoms with van der Waals surface area (Å²) in [4.78, 5) is 15.3. The number of imidazole rings is 1. The molecular weight excluding hydrogens is 317 g/mol. The zero-order chi connectivity index (χ0) is 14.1. The zero-order valence-electron chi connectivity index (χ0n) is 10.1. The maximum absolute atomic E-state index is 6.15. The molecule has 0 saturated heterocycles. The van der Waals surface area contributed by atoms with Crippen molar-refractivity contribution in [1.29, 1.82) is 0 Å². The van der Waals surface area contributed by atoms with Crippen LogP contribution in [-0.2, 0) is 5.75 Å². The molecule has 8 heteroatoms. The number of hydrogen-bond donors (Lipinski definition) is 2. The van der Waals surface area contributed by atoms with Crippen LogP contribution in [-0.4, -0.2) is 19.9 Å². The minimum absolute atomic E-state index is 0.192. The Labute approximate surface area is 128 Å². The number of nitrogens with zero attached hydrogens (tertiary/aromatic N) is 3. The van der Waals surface area contributed by atoms with Crippen LogP contribution in [0.4, 0.5) is 5.95 Å². The van der Waals surface area contributed by atoms with Crippen molar-refractivity contribution in [2.75, 3.05) is 5.73 Å². The highest BCUT2D eigenvalue weighted by Crippen LogP contribution is 2.32. The SMILES string of the molecule is Nc1nc(SCc2c(Cl)cccc2Cl)c2[nH]cnc2n1. The highest BCUT2D eigenvalue weighted by atomic mass is 35.5. The Morgan fingerprint density at radius 1 is 1.20 bits per heavy atom. The van der Waals surface area contributed by atoms with E-state index in [2.05, 4.69) is 19.9 Å². The van der Waals surface area contributed by atoms with Crippen LogP contribution in [0.2, 0.25) is 10.0 Å². The smallest absolute Gasteiger partial charge is 0.223 e. The summed E-state index contributed by atoms with van der Waals surface area (Å²) in [7, 11) is 0. The van der Waals surface area contributed by atoms with Crippen LogP contribution in [0.25, 0.3) is 11.2 Å². The van der Waals surface area contributed by atoms with Crippen molar-refractivity contribution < 1.29 is 0 Å². The second-order valence-electron chi connectivity index (χ2n) is 3.98. The molecule has 2 heterocycles. The molecule has 5 nitrogen and oxygen atoms in total. The van der Waals surface area contributed by atoms with Gasteiger partial charge in [0.2, 0.25) is 5.95 Å². The van der Waals surface area contributed by atoms with E-state index in [1.165, 1.54) is 11.8 Å². The van der Waals surface area contributed by atoms with Crippen LogP contribution in [0.1, 0.15) is 5.56 Å². The molecule has 3 N–H and O–H groups in total. The third kappa shape index (κ3) is 2.54. The minimum atomic E-state index is 0.192. The van der Waals surface area contributed by atoms with Crippen molar-refractivity contribution in [3.8, 4) is 0 Å². The predicted molar refractivity (Wildman–Crippen MR) is 82.1 cm³/mol. The van der Waals surface area contributed by atoms with Crippen molar-refractivity contribution in [2.24, 2.45) is 0 Å². The fourth-order valence-electron chi connectivity index (χ4n) is 1.74. The molecule has 102 valence electrons. The first kappa shape index (κ1) is 13.5. The lowest BCUT2D eigenvalue weighted by atomic mass is 10.2. The molecule has 3 rings (SSSR count). The van der Waals surface area contributed by atoms with E-state index in [0.29, 0.717) is 21.4 Å². The normalized spacial score (nSPS) is 11.1. The number of hydrogen-bond acceptors (Lipinski definition) is 5. The molecule has 3 aromatic rings. The van der Waals surface area contributed by atoms with E-state index >= 15 is 0 Å². The Morgan fingerprint density at radius 3 is 2.70 bits per heavy atom. The molecule has 0 amide bonds. The van der Waals surface area contributed by atoms with E-state index in [-0.39, 0.29) is 5.95 Å². The number of aromatic amines is 1. The number of anilines is 1. The highest BCUT2D eigenvalue weighted by molar-refractivity contribution is 7.98. The fraction of sp³-hybridized carbons (Fsp3) is 0.0833. The molecule has 1 aromatic carbocycles. The number of nitrogens with one attached hydrogen (secondary N) is 1. The van der Waals surface area contributed by atoms with Crippen molar-refractivity contribution in [2.45, 2.75) is 10.8 Å². The van der Waals surface area contributed by atoms with Gasteiger partial charge in [0, 0.05) is 15.8 Å². The van der Waals surface area contributed by atoms with E-state index in [1.807, 2.05) is 18.2 Å². The Bertz CT molecular complexity index is 753. The predicted octanol–water partition coefficient (Wildman–Crippen LogP) is 3.53. The van der Waals surface area contributed by atoms with Crippen LogP contribution < -0.4 is 5.73 Å². The van der Waals surface area contributed by atoms with E-state index < -0.39 is 0 Å². The number of nitrogen functional groups attached to an aromatic ring is 1. The highest BCUT2D eigenvalue weighted by Gasteiger charge is 2.11. The first-order valence-electron chi connectivity index (χ1n) is 5.67. The summed E-state index contributed by atoms with van der Waals surface area (Å²) in [6, 6.07) is 5.43. The number of halogens is 2. The quantitative estimate of drug-likeness (QED) is 0.568. The number of benzene rings is 1. The molecule has 20 heavy (non-hydrogen) atoms. The van der Waals surface area contributed by atoms with Gasteiger partial charge in [-0.2, -0.15) is 4.98 Å². The maximum Gasteiger partial charge on any atom is 0.223 e. The molecule has 0 bridgehead atoms. The van der Waals surface area contributed by atoms with Gasteiger partial charge in [0.25, 0.3) is 0 Å². The summed E-state index contributed by atoms with van der Waals surface area (Å²) >= 11 is 13.8. The zero-order valence-corrected chi connectivity index (χ0v) is 12.4. The van der Waals surface area contributed by atoms with Crippen molar-refractivity contribution in [3.05, 3.63) is 40.1 Å². The van der Waals surface area contributed by atoms with Gasteiger partial charge in [-0.1, -0.05) is 41.0 Å². The Morgan fingerprint density at radius 2 is 1.95 bits per heavy atom. The molecule has 0 unspecified atom stereocenters. The van der Waals surface area contributed by atoms with Crippen molar-refractivity contribution in [3.63, 3.8) is 0 Å². The van der Waals surface area contributed by atoms with Gasteiger partial charge in [-0.3, -0.25) is 0 Å². The summed E-state index contributed by atoms with van der Waals surface area (Å²) in [6.07, 6.45) is 1.56. The molecule has 2 aromatic heterocycles. The van der Waals surface area contributed by atoms with Crippen molar-refractivity contribution in [1.82, 2.24) is 19.9 Å². The number of nitrogens with two attached hydrogens (primary N) is 1. The van der Waals surface area contributed by atoms with Gasteiger partial charge in [-0.15, -0.1) is 0 Å². The number of aromatic nitrogens is 4. The average molecular weight is 326 g/mol. The Kier molecular flexibility index (Phi) is 3.69. The molecule has 0 aliphatic heterocycles. The molecule has 0 fully saturated rings. The lowest BCUT2D eigenvalue weighted by molar-refractivity contribution is 1.10. The molecule has 0 spiro atoms. The number of thioether (sulfide) groups is 1. The molecule has 0 radical (unpaired) electrons. The van der Waals surface area contributed by atoms with Crippen LogP contribution in [0.15, 0.2) is 29.6 Å². The fourth-order valence-corrected chi connectivity index (χ4v) is 3.47. The summed E-state index contributed by atoms with van der Waals surface area (Å²) in [6.45, 7) is 0. The minimum Gasteiger partial charge on any atom is -0.368 e. The number of rotatable bonds is 3. The standard InChI is InChI=1S/C12H9Cl2N5S/c13-7-2-1-3-8(14)6(7)4-20-11-9-10(17-5-16-9)18-12(15)19-11/h1-3,5H,4H2,(H3,15,16,17,18,19). The largest absolute Gasteiger partial charge is 0.368 e. The first-order valence-corrected chi connectivity index (χ1v) is 7.41. The summed E-state index contributed by atoms with van der Waals surface area (Å²) in [5.41, 5.74) is 7.84. The molecular formula is C12H9Cl2N5S. The van der Waals surface area contributed by atoms with E-state index in [1.54, 1.807) is 6.33 Å². The maximum atomic E-state index is 6.15. The van der Waals surface area contributed by atoms with E-state index in [4.69, 9.17) is 28.9 Å². The topological polar surface area (TPSA) is 80.5 Å². The molecule has 0 saturated carbocycles. The van der Waals surface area contributed by atoms with Gasteiger partial charge >= 0.3 is 0 Å². The Hall–Kier alpha value is -1.50. The third-order valence-electron chi connectivity index (χ3n) is 2.68. The van der Waals surface area contributed by atoms with Gasteiger partial charge in [-0.05, 0) is 17.7 Å². The van der Waals surface area contributed by atoms with Crippen LogP contribution in [0.5, 0.6) is 0 Å². The second-order valence-corrected chi connectivity index (χ2v) is 5.76. The summed E-state index contributed by atoms with van der Waals surface area (Å²) in [5, 5.41) is 1.99. The van der Waals surface area contributed by atoms with E-state index in [9.17, 15) is 0 Å². The lowest BCUT2D eigenvalue weighted by Gasteiger charge is -2.07. The van der Waals surface area contributed by atoms with Gasteiger partial charge < -0.3 is 10.7 Å². The summed E-state index contributed by atoms with van der Waals surface area (Å²) < 4.78 is 0. The first-order chi connectivity index (χ1) is 9.65. The lowest BCUT2D eigenvalue weighted by Crippen LogP contribution is -1.97. The number of H-pyrrole nitrogens is 1. The van der Waals surface area contributed by atoms with E-state index in [0.717, 1.165) is 16.1 Å². The molecule has 0 aliphatic carbocycles. The molecule has 0 atom stereocenters. The van der Waals surface area contributed by atoms with Gasteiger partial charge in [-0.25, -0.2) is 9.97 Å². The third-order valence-corrected chi connectivity index (χ3v) is 4.39. The molecule has 0 aliphatic rings. The second kappa shape index (κ2) is 5.47. The van der Waals surface area contributed by atoms with Crippen LogP contribution in [0, 0.1) is 0 Å². The van der Waals surface area contributed by atoms with Gasteiger partial charge in [0.05, 0.1) is 6.33 Å². The average Bonchev–Trinajstić information content (AvgIpc) is 2.86. The van der Waals surface area contributed by atoms with Crippen molar-refractivity contribution >= 4 is 52.1 Å². The van der Waals surface area contributed by atoms with Crippen LogP contribution >= 0.6 is 35.0 Å². The van der Waals surface area contributed by atoms with Gasteiger partial charge in [0.15, 0.2) is 5.65 Å². The van der Waals surface area contributed by atoms with Crippen LogP contribution in [0.3, 0.4) is 0 Å².